The third-order valence-electron chi connectivity index (χ3n) is 4.11. The smallest absolute Gasteiger partial charge is 0.0593 e. The van der Waals surface area contributed by atoms with Crippen LogP contribution in [0.1, 0.15) is 5.56 Å². The molecule has 1 aliphatic heterocycles. The standard InChI is InChI=1S/C18H24N2O/c1-2-4-18-15-16(5-6-17(18)3-1)7-13-21-14-12-20-10-8-19-9-11-20/h1-6,15,19H,7-14H2. The van der Waals surface area contributed by atoms with E-state index in [4.69, 9.17) is 4.74 Å². The number of hydrogen-bond acceptors (Lipinski definition) is 3. The maximum atomic E-state index is 5.79. The average molecular weight is 284 g/mol. The van der Waals surface area contributed by atoms with Crippen molar-refractivity contribution in [2.24, 2.45) is 0 Å². The lowest BCUT2D eigenvalue weighted by atomic mass is 10.1. The van der Waals surface area contributed by atoms with E-state index >= 15 is 0 Å². The second-order valence-corrected chi connectivity index (χ2v) is 5.64. The van der Waals surface area contributed by atoms with Gasteiger partial charge in [0.15, 0.2) is 0 Å². The summed E-state index contributed by atoms with van der Waals surface area (Å²) in [6, 6.07) is 15.2. The first-order valence-electron chi connectivity index (χ1n) is 7.90. The molecule has 3 nitrogen and oxygen atoms in total. The van der Waals surface area contributed by atoms with Gasteiger partial charge in [-0.05, 0) is 22.8 Å². The van der Waals surface area contributed by atoms with Crippen LogP contribution in [0.2, 0.25) is 0 Å². The number of nitrogens with one attached hydrogen (secondary N) is 1. The van der Waals surface area contributed by atoms with E-state index < -0.39 is 0 Å². The first-order valence-corrected chi connectivity index (χ1v) is 7.90. The van der Waals surface area contributed by atoms with Crippen molar-refractivity contribution in [3.63, 3.8) is 0 Å². The van der Waals surface area contributed by atoms with Gasteiger partial charge in [0.1, 0.15) is 0 Å². The quantitative estimate of drug-likeness (QED) is 0.824. The molecule has 0 bridgehead atoms. The van der Waals surface area contributed by atoms with E-state index in [1.165, 1.54) is 16.3 Å². The van der Waals surface area contributed by atoms with Crippen LogP contribution in [-0.2, 0) is 11.2 Å². The van der Waals surface area contributed by atoms with Crippen LogP contribution < -0.4 is 5.32 Å². The summed E-state index contributed by atoms with van der Waals surface area (Å²) in [6.07, 6.45) is 0.992. The highest BCUT2D eigenvalue weighted by Gasteiger charge is 2.08. The maximum absolute atomic E-state index is 5.79. The van der Waals surface area contributed by atoms with Gasteiger partial charge in [-0.25, -0.2) is 0 Å². The fraction of sp³-hybridized carbons (Fsp3) is 0.444. The molecule has 0 radical (unpaired) electrons. The molecule has 0 spiro atoms. The minimum Gasteiger partial charge on any atom is -0.380 e. The van der Waals surface area contributed by atoms with Crippen LogP contribution in [0, 0.1) is 0 Å². The van der Waals surface area contributed by atoms with E-state index in [9.17, 15) is 0 Å². The fourth-order valence-corrected chi connectivity index (χ4v) is 2.81. The van der Waals surface area contributed by atoms with Crippen molar-refractivity contribution in [1.29, 1.82) is 0 Å². The predicted octanol–water partition coefficient (Wildman–Crippen LogP) is 2.30. The number of piperazine rings is 1. The summed E-state index contributed by atoms with van der Waals surface area (Å²) in [5.74, 6) is 0. The summed E-state index contributed by atoms with van der Waals surface area (Å²) < 4.78 is 5.79. The van der Waals surface area contributed by atoms with Gasteiger partial charge >= 0.3 is 0 Å². The Morgan fingerprint density at radius 2 is 1.76 bits per heavy atom. The lowest BCUT2D eigenvalue weighted by molar-refractivity contribution is 0.101. The van der Waals surface area contributed by atoms with E-state index in [-0.39, 0.29) is 0 Å². The molecule has 21 heavy (non-hydrogen) atoms. The lowest BCUT2D eigenvalue weighted by Gasteiger charge is -2.26. The van der Waals surface area contributed by atoms with Gasteiger partial charge < -0.3 is 10.1 Å². The Morgan fingerprint density at radius 3 is 2.62 bits per heavy atom. The Labute approximate surface area is 126 Å². The second-order valence-electron chi connectivity index (χ2n) is 5.64. The van der Waals surface area contributed by atoms with Crippen LogP contribution in [0.5, 0.6) is 0 Å². The molecule has 1 N–H and O–H groups in total. The fourth-order valence-electron chi connectivity index (χ4n) is 2.81. The molecular formula is C18H24N2O. The summed E-state index contributed by atoms with van der Waals surface area (Å²) >= 11 is 0. The molecule has 0 unspecified atom stereocenters. The average Bonchev–Trinajstić information content (AvgIpc) is 2.55. The van der Waals surface area contributed by atoms with Crippen LogP contribution in [-0.4, -0.2) is 50.8 Å². The Kier molecular flexibility index (Phi) is 5.22. The van der Waals surface area contributed by atoms with Crippen molar-refractivity contribution in [2.75, 3.05) is 45.9 Å². The lowest BCUT2D eigenvalue weighted by Crippen LogP contribution is -2.44. The van der Waals surface area contributed by atoms with Crippen LogP contribution in [0.4, 0.5) is 0 Å². The van der Waals surface area contributed by atoms with Gasteiger partial charge in [-0.2, -0.15) is 0 Å². The highest BCUT2D eigenvalue weighted by molar-refractivity contribution is 5.82. The molecular weight excluding hydrogens is 260 g/mol. The van der Waals surface area contributed by atoms with Crippen LogP contribution in [0.15, 0.2) is 42.5 Å². The zero-order chi connectivity index (χ0) is 14.3. The summed E-state index contributed by atoms with van der Waals surface area (Å²) in [5.41, 5.74) is 1.36. The molecule has 112 valence electrons. The first kappa shape index (κ1) is 14.5. The number of fused-ring (bicyclic) bond motifs is 1. The van der Waals surface area contributed by atoms with Gasteiger partial charge in [0.05, 0.1) is 13.2 Å². The highest BCUT2D eigenvalue weighted by Crippen LogP contribution is 2.15. The van der Waals surface area contributed by atoms with Gasteiger partial charge in [0.25, 0.3) is 0 Å². The zero-order valence-electron chi connectivity index (χ0n) is 12.6. The largest absolute Gasteiger partial charge is 0.380 e. The summed E-state index contributed by atoms with van der Waals surface area (Å²) in [4.78, 5) is 2.46. The number of nitrogens with zero attached hydrogens (tertiary/aromatic N) is 1. The molecule has 2 aromatic rings. The Hall–Kier alpha value is -1.42. The van der Waals surface area contributed by atoms with Gasteiger partial charge in [-0.15, -0.1) is 0 Å². The predicted molar refractivity (Wildman–Crippen MR) is 87.8 cm³/mol. The van der Waals surface area contributed by atoms with Gasteiger partial charge in [-0.3, -0.25) is 4.90 Å². The molecule has 0 aliphatic carbocycles. The van der Waals surface area contributed by atoms with Gasteiger partial charge in [-0.1, -0.05) is 42.5 Å². The molecule has 3 heteroatoms. The van der Waals surface area contributed by atoms with Crippen molar-refractivity contribution in [3.8, 4) is 0 Å². The number of hydrogen-bond donors (Lipinski definition) is 1. The van der Waals surface area contributed by atoms with Crippen molar-refractivity contribution >= 4 is 10.8 Å². The molecule has 3 rings (SSSR count). The SMILES string of the molecule is c1ccc2cc(CCOCCN3CCNCC3)ccc2c1. The molecule has 1 heterocycles. The first-order chi connectivity index (χ1) is 10.4. The zero-order valence-corrected chi connectivity index (χ0v) is 12.6. The molecule has 0 amide bonds. The molecule has 0 atom stereocenters. The normalized spacial score (nSPS) is 16.4. The highest BCUT2D eigenvalue weighted by atomic mass is 16.5. The monoisotopic (exact) mass is 284 g/mol. The Bertz CT molecular complexity index is 564. The Balaban J connectivity index is 1.39. The summed E-state index contributed by atoms with van der Waals surface area (Å²) in [6.45, 7) is 7.22. The van der Waals surface area contributed by atoms with Crippen molar-refractivity contribution in [1.82, 2.24) is 10.2 Å². The summed E-state index contributed by atoms with van der Waals surface area (Å²) in [7, 11) is 0. The minimum atomic E-state index is 0.810. The van der Waals surface area contributed by atoms with E-state index in [2.05, 4.69) is 52.7 Å². The second kappa shape index (κ2) is 7.55. The summed E-state index contributed by atoms with van der Waals surface area (Å²) in [5, 5.41) is 5.99. The van der Waals surface area contributed by atoms with Crippen LogP contribution in [0.3, 0.4) is 0 Å². The van der Waals surface area contributed by atoms with E-state index in [0.29, 0.717) is 0 Å². The molecule has 1 aliphatic rings. The molecule has 0 saturated carbocycles. The van der Waals surface area contributed by atoms with Crippen LogP contribution >= 0.6 is 0 Å². The third-order valence-corrected chi connectivity index (χ3v) is 4.11. The van der Waals surface area contributed by atoms with Gasteiger partial charge in [0, 0.05) is 32.7 Å². The van der Waals surface area contributed by atoms with E-state index in [1.54, 1.807) is 0 Å². The van der Waals surface area contributed by atoms with Crippen LogP contribution in [0.25, 0.3) is 10.8 Å². The van der Waals surface area contributed by atoms with E-state index in [1.807, 2.05) is 0 Å². The van der Waals surface area contributed by atoms with Crippen molar-refractivity contribution in [2.45, 2.75) is 6.42 Å². The Morgan fingerprint density at radius 1 is 0.952 bits per heavy atom. The number of rotatable bonds is 6. The van der Waals surface area contributed by atoms with Crippen molar-refractivity contribution < 1.29 is 4.74 Å². The van der Waals surface area contributed by atoms with Gasteiger partial charge in [0.2, 0.25) is 0 Å². The molecule has 1 fully saturated rings. The topological polar surface area (TPSA) is 24.5 Å². The third kappa shape index (κ3) is 4.27. The minimum absolute atomic E-state index is 0.810. The number of benzene rings is 2. The van der Waals surface area contributed by atoms with Crippen molar-refractivity contribution in [3.05, 3.63) is 48.0 Å². The maximum Gasteiger partial charge on any atom is 0.0593 e. The van der Waals surface area contributed by atoms with E-state index in [0.717, 1.165) is 52.4 Å². The number of ether oxygens (including phenoxy) is 1. The molecule has 0 aromatic heterocycles. The molecule has 1 saturated heterocycles. The molecule has 2 aromatic carbocycles.